The lowest BCUT2D eigenvalue weighted by Crippen LogP contribution is -2.33. The molecule has 0 spiro atoms. The van der Waals surface area contributed by atoms with Gasteiger partial charge in [-0.25, -0.2) is 4.39 Å². The molecule has 0 radical (unpaired) electrons. The van der Waals surface area contributed by atoms with Crippen molar-refractivity contribution in [2.75, 3.05) is 13.7 Å². The number of benzene rings is 1. The van der Waals surface area contributed by atoms with Gasteiger partial charge in [-0.15, -0.1) is 0 Å². The zero-order chi connectivity index (χ0) is 15.2. The molecular formula is C17H24FNO2. The van der Waals surface area contributed by atoms with Crippen LogP contribution in [0.25, 0.3) is 11.0 Å². The van der Waals surface area contributed by atoms with E-state index in [1.807, 2.05) is 6.07 Å². The van der Waals surface area contributed by atoms with Gasteiger partial charge in [-0.1, -0.05) is 20.3 Å². The summed E-state index contributed by atoms with van der Waals surface area (Å²) in [5.41, 5.74) is 0.709. The molecule has 0 saturated carbocycles. The zero-order valence-corrected chi connectivity index (χ0v) is 13.0. The third-order valence-corrected chi connectivity index (χ3v) is 3.67. The number of rotatable bonds is 8. The van der Waals surface area contributed by atoms with E-state index < -0.39 is 0 Å². The lowest BCUT2D eigenvalue weighted by molar-refractivity contribution is 0.0542. The molecule has 21 heavy (non-hydrogen) atoms. The van der Waals surface area contributed by atoms with Gasteiger partial charge in [-0.05, 0) is 43.7 Å². The van der Waals surface area contributed by atoms with Crippen LogP contribution in [0, 0.1) is 5.82 Å². The summed E-state index contributed by atoms with van der Waals surface area (Å²) in [5.74, 6) is 0.564. The number of hydrogen-bond donors (Lipinski definition) is 1. The predicted octanol–water partition coefficient (Wildman–Crippen LogP) is 4.43. The Hall–Kier alpha value is -1.39. The highest BCUT2D eigenvalue weighted by atomic mass is 19.1. The molecule has 0 bridgehead atoms. The second kappa shape index (κ2) is 7.57. The molecule has 1 N–H and O–H groups in total. The van der Waals surface area contributed by atoms with Gasteiger partial charge in [-0.3, -0.25) is 0 Å². The third-order valence-electron chi connectivity index (χ3n) is 3.67. The largest absolute Gasteiger partial charge is 0.459 e. The van der Waals surface area contributed by atoms with Crippen molar-refractivity contribution in [1.29, 1.82) is 0 Å². The number of halogens is 1. The van der Waals surface area contributed by atoms with E-state index in [4.69, 9.17) is 9.15 Å². The van der Waals surface area contributed by atoms with Crippen LogP contribution in [0.1, 0.15) is 44.9 Å². The van der Waals surface area contributed by atoms with E-state index in [0.29, 0.717) is 5.58 Å². The van der Waals surface area contributed by atoms with E-state index >= 15 is 0 Å². The molecule has 0 amide bonds. The minimum atomic E-state index is -0.246. The summed E-state index contributed by atoms with van der Waals surface area (Å²) in [5, 5.41) is 4.28. The number of nitrogens with one attached hydrogen (secondary N) is 1. The second-order valence-electron chi connectivity index (χ2n) is 5.33. The monoisotopic (exact) mass is 293 g/mol. The summed E-state index contributed by atoms with van der Waals surface area (Å²) >= 11 is 0. The first-order chi connectivity index (χ1) is 10.2. The quantitative estimate of drug-likeness (QED) is 0.782. The Bertz CT molecular complexity index is 567. The molecule has 0 aliphatic heterocycles. The van der Waals surface area contributed by atoms with E-state index in [9.17, 15) is 4.39 Å². The van der Waals surface area contributed by atoms with Gasteiger partial charge in [0, 0.05) is 12.5 Å². The molecule has 116 valence electrons. The maximum absolute atomic E-state index is 13.3. The molecule has 2 rings (SSSR count). The minimum Gasteiger partial charge on any atom is -0.459 e. The average Bonchev–Trinajstić information content (AvgIpc) is 2.89. The third kappa shape index (κ3) is 3.83. The van der Waals surface area contributed by atoms with Crippen molar-refractivity contribution in [3.05, 3.63) is 35.8 Å². The summed E-state index contributed by atoms with van der Waals surface area (Å²) in [6.45, 7) is 5.15. The van der Waals surface area contributed by atoms with Gasteiger partial charge in [0.2, 0.25) is 0 Å². The van der Waals surface area contributed by atoms with Crippen LogP contribution in [0.15, 0.2) is 28.7 Å². The Morgan fingerprint density at radius 3 is 2.71 bits per heavy atom. The summed E-state index contributed by atoms with van der Waals surface area (Å²) in [6, 6.07) is 6.50. The topological polar surface area (TPSA) is 34.4 Å². The number of furan rings is 1. The van der Waals surface area contributed by atoms with Gasteiger partial charge < -0.3 is 14.5 Å². The lowest BCUT2D eigenvalue weighted by atomic mass is 10.0. The van der Waals surface area contributed by atoms with Gasteiger partial charge in [0.1, 0.15) is 17.2 Å². The first-order valence-electron chi connectivity index (χ1n) is 7.64. The second-order valence-corrected chi connectivity index (χ2v) is 5.33. The molecule has 0 fully saturated rings. The molecule has 2 unspecified atom stereocenters. The van der Waals surface area contributed by atoms with Crippen LogP contribution >= 0.6 is 0 Å². The van der Waals surface area contributed by atoms with Gasteiger partial charge in [0.15, 0.2) is 0 Å². The Kier molecular flexibility index (Phi) is 5.76. The molecule has 2 aromatic rings. The minimum absolute atomic E-state index is 0.00892. The average molecular weight is 293 g/mol. The molecule has 1 aromatic carbocycles. The van der Waals surface area contributed by atoms with Crippen LogP contribution in [0.3, 0.4) is 0 Å². The first-order valence-corrected chi connectivity index (χ1v) is 7.64. The van der Waals surface area contributed by atoms with Crippen molar-refractivity contribution in [3.63, 3.8) is 0 Å². The van der Waals surface area contributed by atoms with Gasteiger partial charge in [0.05, 0.1) is 12.1 Å². The van der Waals surface area contributed by atoms with Crippen molar-refractivity contribution in [2.24, 2.45) is 0 Å². The summed E-state index contributed by atoms with van der Waals surface area (Å²) in [4.78, 5) is 0. The fraction of sp³-hybridized carbons (Fsp3) is 0.529. The molecule has 0 aliphatic carbocycles. The molecule has 0 saturated heterocycles. The van der Waals surface area contributed by atoms with Crippen molar-refractivity contribution in [1.82, 2.24) is 5.32 Å². The van der Waals surface area contributed by atoms with E-state index in [1.165, 1.54) is 12.1 Å². The molecule has 2 atom stereocenters. The SMILES string of the molecule is CCCNC(c1cc2cc(F)ccc2o1)C(CCC)OC. The van der Waals surface area contributed by atoms with Crippen LogP contribution in [-0.2, 0) is 4.74 Å². The number of ether oxygens (including phenoxy) is 1. The lowest BCUT2D eigenvalue weighted by Gasteiger charge is -2.25. The van der Waals surface area contributed by atoms with Gasteiger partial charge in [0.25, 0.3) is 0 Å². The van der Waals surface area contributed by atoms with Crippen LogP contribution < -0.4 is 5.32 Å². The molecular weight excluding hydrogens is 269 g/mol. The van der Waals surface area contributed by atoms with Crippen molar-refractivity contribution in [3.8, 4) is 0 Å². The maximum atomic E-state index is 13.3. The number of fused-ring (bicyclic) bond motifs is 1. The highest BCUT2D eigenvalue weighted by molar-refractivity contribution is 5.78. The Morgan fingerprint density at radius 2 is 2.05 bits per heavy atom. The van der Waals surface area contributed by atoms with Crippen LogP contribution in [0.5, 0.6) is 0 Å². The van der Waals surface area contributed by atoms with Crippen molar-refractivity contribution >= 4 is 11.0 Å². The summed E-state index contributed by atoms with van der Waals surface area (Å²) < 4.78 is 24.8. The fourth-order valence-corrected chi connectivity index (χ4v) is 2.61. The van der Waals surface area contributed by atoms with Crippen LogP contribution in [0.4, 0.5) is 4.39 Å². The normalized spacial score (nSPS) is 14.5. The maximum Gasteiger partial charge on any atom is 0.134 e. The van der Waals surface area contributed by atoms with Gasteiger partial charge in [-0.2, -0.15) is 0 Å². The summed E-state index contributed by atoms with van der Waals surface area (Å²) in [7, 11) is 1.73. The smallest absolute Gasteiger partial charge is 0.134 e. The standard InChI is InChI=1S/C17H24FNO2/c1-4-6-15(20-3)17(19-9-5-2)16-11-12-10-13(18)7-8-14(12)21-16/h7-8,10-11,15,17,19H,4-6,9H2,1-3H3. The fourth-order valence-electron chi connectivity index (χ4n) is 2.61. The predicted molar refractivity (Wildman–Crippen MR) is 82.9 cm³/mol. The Balaban J connectivity index is 2.32. The van der Waals surface area contributed by atoms with E-state index in [-0.39, 0.29) is 18.0 Å². The molecule has 3 nitrogen and oxygen atoms in total. The summed E-state index contributed by atoms with van der Waals surface area (Å²) in [6.07, 6.45) is 3.07. The molecule has 1 heterocycles. The van der Waals surface area contributed by atoms with E-state index in [0.717, 1.165) is 37.0 Å². The van der Waals surface area contributed by atoms with Crippen molar-refractivity contribution < 1.29 is 13.5 Å². The highest BCUT2D eigenvalue weighted by Crippen LogP contribution is 2.29. The molecule has 4 heteroatoms. The Morgan fingerprint density at radius 1 is 1.24 bits per heavy atom. The molecule has 1 aromatic heterocycles. The van der Waals surface area contributed by atoms with E-state index in [1.54, 1.807) is 13.2 Å². The van der Waals surface area contributed by atoms with Crippen LogP contribution in [-0.4, -0.2) is 19.8 Å². The Labute approximate surface area is 125 Å². The van der Waals surface area contributed by atoms with E-state index in [2.05, 4.69) is 19.2 Å². The number of hydrogen-bond acceptors (Lipinski definition) is 3. The zero-order valence-electron chi connectivity index (χ0n) is 13.0. The molecule has 0 aliphatic rings. The highest BCUT2D eigenvalue weighted by Gasteiger charge is 2.25. The number of methoxy groups -OCH3 is 1. The van der Waals surface area contributed by atoms with Crippen molar-refractivity contribution in [2.45, 2.75) is 45.3 Å². The first kappa shape index (κ1) is 16.0. The van der Waals surface area contributed by atoms with Crippen LogP contribution in [0.2, 0.25) is 0 Å². The van der Waals surface area contributed by atoms with Gasteiger partial charge >= 0.3 is 0 Å².